The Morgan fingerprint density at radius 1 is 1.33 bits per heavy atom. The van der Waals surface area contributed by atoms with Gasteiger partial charge in [-0.25, -0.2) is 4.98 Å². The molecule has 6 nitrogen and oxygen atoms in total. The van der Waals surface area contributed by atoms with E-state index in [1.165, 1.54) is 12.8 Å². The fraction of sp³-hybridized carbons (Fsp3) is 0.500. The number of nitrogens with zero attached hydrogens (tertiary/aromatic N) is 5. The van der Waals surface area contributed by atoms with Gasteiger partial charge < -0.3 is 14.8 Å². The third kappa shape index (κ3) is 2.73. The Balaban J connectivity index is 1.49. The van der Waals surface area contributed by atoms with Gasteiger partial charge >= 0.3 is 0 Å². The van der Waals surface area contributed by atoms with Crippen LogP contribution in [-0.4, -0.2) is 32.3 Å². The summed E-state index contributed by atoms with van der Waals surface area (Å²) in [5.74, 6) is 1.79. The first-order valence-electron chi connectivity index (χ1n) is 7.29. The first-order valence-corrected chi connectivity index (χ1v) is 7.67. The van der Waals surface area contributed by atoms with E-state index in [1.807, 2.05) is 12.3 Å². The van der Waals surface area contributed by atoms with E-state index in [0.717, 1.165) is 36.8 Å². The fourth-order valence-corrected chi connectivity index (χ4v) is 2.90. The maximum absolute atomic E-state index is 6.42. The van der Waals surface area contributed by atoms with Crippen LogP contribution in [0.25, 0.3) is 0 Å². The predicted octanol–water partition coefficient (Wildman–Crippen LogP) is 1.60. The zero-order chi connectivity index (χ0) is 14.2. The minimum Gasteiger partial charge on any atom is -0.346 e. The molecule has 7 heteroatoms. The predicted molar refractivity (Wildman–Crippen MR) is 80.2 cm³/mol. The molecule has 110 valence electrons. The average Bonchev–Trinajstić information content (AvgIpc) is 3.21. The number of hydrogen-bond donors (Lipinski definition) is 1. The van der Waals surface area contributed by atoms with Gasteiger partial charge in [-0.1, -0.05) is 11.6 Å². The molecule has 1 fully saturated rings. The summed E-state index contributed by atoms with van der Waals surface area (Å²) in [6, 6.07) is 2.70. The molecule has 2 aliphatic rings. The van der Waals surface area contributed by atoms with E-state index in [1.54, 1.807) is 6.33 Å². The van der Waals surface area contributed by atoms with E-state index in [2.05, 4.69) is 30.0 Å². The topological polar surface area (TPSA) is 58.9 Å². The van der Waals surface area contributed by atoms with Crippen LogP contribution in [0.5, 0.6) is 0 Å². The molecular formula is C14H17ClN6. The molecule has 0 unspecified atom stereocenters. The van der Waals surface area contributed by atoms with Gasteiger partial charge in [-0.3, -0.25) is 0 Å². The lowest BCUT2D eigenvalue weighted by Gasteiger charge is -2.28. The van der Waals surface area contributed by atoms with Gasteiger partial charge in [0.1, 0.15) is 12.1 Å². The van der Waals surface area contributed by atoms with Crippen LogP contribution >= 0.6 is 11.6 Å². The number of fused-ring (bicyclic) bond motifs is 1. The van der Waals surface area contributed by atoms with Crippen LogP contribution in [0, 0.1) is 0 Å². The van der Waals surface area contributed by atoms with Crippen LogP contribution in [0.1, 0.15) is 24.2 Å². The lowest BCUT2D eigenvalue weighted by molar-refractivity contribution is 0.556. The van der Waals surface area contributed by atoms with Crippen molar-refractivity contribution in [3.05, 3.63) is 35.0 Å². The highest BCUT2D eigenvalue weighted by Crippen LogP contribution is 2.27. The highest BCUT2D eigenvalue weighted by atomic mass is 35.5. The van der Waals surface area contributed by atoms with Crippen LogP contribution in [0.3, 0.4) is 0 Å². The smallest absolute Gasteiger partial charge is 0.152 e. The molecule has 2 aromatic rings. The summed E-state index contributed by atoms with van der Waals surface area (Å²) >= 11 is 6.42. The molecular weight excluding hydrogens is 288 g/mol. The number of halogens is 1. The number of aromatic nitrogens is 4. The standard InChI is InChI=1S/C14H17ClN6/c15-12-5-10(6-16-11-1-2-11)7-17-14(12)20-3-4-21-9-18-19-13(21)8-20/h5,7,9,11,16H,1-4,6,8H2. The normalized spacial score (nSPS) is 17.9. The van der Waals surface area contributed by atoms with Crippen molar-refractivity contribution in [2.45, 2.75) is 38.5 Å². The summed E-state index contributed by atoms with van der Waals surface area (Å²) in [6.07, 6.45) is 6.26. The van der Waals surface area contributed by atoms with E-state index >= 15 is 0 Å². The Labute approximate surface area is 128 Å². The van der Waals surface area contributed by atoms with Crippen molar-refractivity contribution in [1.82, 2.24) is 25.1 Å². The number of pyridine rings is 1. The Morgan fingerprint density at radius 2 is 2.24 bits per heavy atom. The number of rotatable bonds is 4. The summed E-state index contributed by atoms with van der Waals surface area (Å²) in [5, 5.41) is 12.2. The second-order valence-corrected chi connectivity index (χ2v) is 6.07. The summed E-state index contributed by atoms with van der Waals surface area (Å²) in [4.78, 5) is 6.71. The van der Waals surface area contributed by atoms with E-state index in [4.69, 9.17) is 11.6 Å². The van der Waals surface area contributed by atoms with Crippen molar-refractivity contribution >= 4 is 17.4 Å². The lowest BCUT2D eigenvalue weighted by atomic mass is 10.2. The molecule has 1 aliphatic carbocycles. The van der Waals surface area contributed by atoms with E-state index in [9.17, 15) is 0 Å². The van der Waals surface area contributed by atoms with Gasteiger partial charge in [-0.2, -0.15) is 0 Å². The SMILES string of the molecule is Clc1cc(CNC2CC2)cnc1N1CCn2cnnc2C1. The summed E-state index contributed by atoms with van der Waals surface area (Å²) in [6.45, 7) is 3.28. The van der Waals surface area contributed by atoms with Crippen LogP contribution in [0.15, 0.2) is 18.6 Å². The van der Waals surface area contributed by atoms with Crippen molar-refractivity contribution in [1.29, 1.82) is 0 Å². The highest BCUT2D eigenvalue weighted by molar-refractivity contribution is 6.33. The zero-order valence-corrected chi connectivity index (χ0v) is 12.4. The molecule has 3 heterocycles. The van der Waals surface area contributed by atoms with Crippen molar-refractivity contribution in [3.8, 4) is 0 Å². The quantitative estimate of drug-likeness (QED) is 0.930. The Kier molecular flexibility index (Phi) is 3.27. The molecule has 0 saturated heterocycles. The van der Waals surface area contributed by atoms with E-state index in [0.29, 0.717) is 17.6 Å². The number of hydrogen-bond acceptors (Lipinski definition) is 5. The summed E-state index contributed by atoms with van der Waals surface area (Å²) in [5.41, 5.74) is 1.14. The Morgan fingerprint density at radius 3 is 3.05 bits per heavy atom. The molecule has 2 aromatic heterocycles. The van der Waals surface area contributed by atoms with Crippen molar-refractivity contribution in [2.24, 2.45) is 0 Å². The molecule has 0 amide bonds. The number of anilines is 1. The molecule has 0 aromatic carbocycles. The van der Waals surface area contributed by atoms with Crippen molar-refractivity contribution in [3.63, 3.8) is 0 Å². The van der Waals surface area contributed by atoms with Crippen molar-refractivity contribution in [2.75, 3.05) is 11.4 Å². The van der Waals surface area contributed by atoms with Crippen molar-refractivity contribution < 1.29 is 0 Å². The highest BCUT2D eigenvalue weighted by Gasteiger charge is 2.22. The first-order chi connectivity index (χ1) is 10.3. The van der Waals surface area contributed by atoms with Gasteiger partial charge in [0.25, 0.3) is 0 Å². The Bertz CT molecular complexity index is 651. The second kappa shape index (κ2) is 5.27. The van der Waals surface area contributed by atoms with Gasteiger partial charge in [0, 0.05) is 31.9 Å². The van der Waals surface area contributed by atoms with Crippen LogP contribution in [-0.2, 0) is 19.6 Å². The maximum atomic E-state index is 6.42. The summed E-state index contributed by atoms with van der Waals surface area (Å²) < 4.78 is 2.07. The summed E-state index contributed by atoms with van der Waals surface area (Å²) in [7, 11) is 0. The molecule has 0 radical (unpaired) electrons. The fourth-order valence-electron chi connectivity index (χ4n) is 2.60. The molecule has 0 bridgehead atoms. The zero-order valence-electron chi connectivity index (χ0n) is 11.7. The molecule has 4 rings (SSSR count). The maximum Gasteiger partial charge on any atom is 0.152 e. The second-order valence-electron chi connectivity index (χ2n) is 5.67. The Hall–Kier alpha value is -1.66. The molecule has 1 N–H and O–H groups in total. The third-order valence-electron chi connectivity index (χ3n) is 3.99. The number of nitrogens with one attached hydrogen (secondary N) is 1. The van der Waals surface area contributed by atoms with Crippen LogP contribution in [0.4, 0.5) is 5.82 Å². The van der Waals surface area contributed by atoms with Gasteiger partial charge in [-0.15, -0.1) is 10.2 Å². The minimum atomic E-state index is 0.692. The molecule has 1 aliphatic heterocycles. The van der Waals surface area contributed by atoms with Gasteiger partial charge in [-0.05, 0) is 24.5 Å². The monoisotopic (exact) mass is 304 g/mol. The largest absolute Gasteiger partial charge is 0.346 e. The third-order valence-corrected chi connectivity index (χ3v) is 4.27. The van der Waals surface area contributed by atoms with E-state index in [-0.39, 0.29) is 0 Å². The average molecular weight is 305 g/mol. The first kappa shape index (κ1) is 13.0. The lowest BCUT2D eigenvalue weighted by Crippen LogP contribution is -2.34. The molecule has 1 saturated carbocycles. The molecule has 21 heavy (non-hydrogen) atoms. The molecule has 0 atom stereocenters. The van der Waals surface area contributed by atoms with E-state index < -0.39 is 0 Å². The van der Waals surface area contributed by atoms with Crippen LogP contribution < -0.4 is 10.2 Å². The van der Waals surface area contributed by atoms with Crippen LogP contribution in [0.2, 0.25) is 5.02 Å². The minimum absolute atomic E-state index is 0.692. The van der Waals surface area contributed by atoms with Gasteiger partial charge in [0.2, 0.25) is 0 Å². The van der Waals surface area contributed by atoms with Gasteiger partial charge in [0.15, 0.2) is 5.82 Å². The van der Waals surface area contributed by atoms with Gasteiger partial charge in [0.05, 0.1) is 11.6 Å². The molecule has 0 spiro atoms.